The van der Waals surface area contributed by atoms with Gasteiger partial charge in [0.15, 0.2) is 0 Å². The molecule has 2 aliphatic rings. The molecule has 1 heterocycles. The first-order valence-electron chi connectivity index (χ1n) is 8.36. The lowest BCUT2D eigenvalue weighted by atomic mass is 9.76. The Bertz CT molecular complexity index is 878. The maximum Gasteiger partial charge on any atom is 0.416 e. The number of fused-ring (bicyclic) bond motifs is 3. The van der Waals surface area contributed by atoms with Gasteiger partial charge in [-0.15, -0.1) is 0 Å². The van der Waals surface area contributed by atoms with Gasteiger partial charge in [0.05, 0.1) is 18.7 Å². The minimum absolute atomic E-state index is 0.0355. The van der Waals surface area contributed by atoms with E-state index >= 15 is 0 Å². The van der Waals surface area contributed by atoms with Gasteiger partial charge in [-0.1, -0.05) is 28.1 Å². The molecule has 3 atom stereocenters. The summed E-state index contributed by atoms with van der Waals surface area (Å²) >= 11 is 3.50. The Labute approximate surface area is 158 Å². The summed E-state index contributed by atoms with van der Waals surface area (Å²) in [7, 11) is 1.63. The smallest absolute Gasteiger partial charge is 0.416 e. The van der Waals surface area contributed by atoms with Crippen LogP contribution < -0.4 is 10.1 Å². The molecule has 0 saturated heterocycles. The van der Waals surface area contributed by atoms with Gasteiger partial charge in [0.1, 0.15) is 5.75 Å². The average molecular weight is 424 g/mol. The fraction of sp³-hybridized carbons (Fsp3) is 0.300. The third-order valence-corrected chi connectivity index (χ3v) is 5.71. The Kier molecular flexibility index (Phi) is 4.26. The maximum absolute atomic E-state index is 13.1. The number of rotatable bonds is 2. The van der Waals surface area contributed by atoms with Gasteiger partial charge in [0.2, 0.25) is 0 Å². The van der Waals surface area contributed by atoms with E-state index in [4.69, 9.17) is 4.74 Å². The molecular weight excluding hydrogens is 407 g/mol. The van der Waals surface area contributed by atoms with E-state index in [-0.39, 0.29) is 17.9 Å². The highest BCUT2D eigenvalue weighted by Gasteiger charge is 2.40. The molecule has 2 nitrogen and oxygen atoms in total. The molecular formula is C20H17BrF3NO. The van der Waals surface area contributed by atoms with Crippen LogP contribution in [0.3, 0.4) is 0 Å². The van der Waals surface area contributed by atoms with Crippen molar-refractivity contribution in [3.8, 4) is 5.75 Å². The number of methoxy groups -OCH3 is 1. The topological polar surface area (TPSA) is 21.3 Å². The molecule has 0 bridgehead atoms. The van der Waals surface area contributed by atoms with Crippen molar-refractivity contribution in [1.29, 1.82) is 0 Å². The van der Waals surface area contributed by atoms with E-state index in [9.17, 15) is 13.2 Å². The number of alkyl halides is 3. The Hall–Kier alpha value is -1.95. The monoisotopic (exact) mass is 423 g/mol. The Morgan fingerprint density at radius 2 is 1.92 bits per heavy atom. The van der Waals surface area contributed by atoms with Gasteiger partial charge in [-0.3, -0.25) is 0 Å². The van der Waals surface area contributed by atoms with Crippen molar-refractivity contribution in [1.82, 2.24) is 0 Å². The lowest BCUT2D eigenvalue weighted by molar-refractivity contribution is -0.137. The quantitative estimate of drug-likeness (QED) is 0.571. The zero-order valence-electron chi connectivity index (χ0n) is 14.0. The second-order valence-electron chi connectivity index (χ2n) is 6.66. The van der Waals surface area contributed by atoms with Gasteiger partial charge < -0.3 is 10.1 Å². The SMILES string of the molecule is COc1ccc(Br)cc1C1Nc2ccc(C(F)(F)F)cc2C2C=CCC21. The number of anilines is 1. The second kappa shape index (κ2) is 6.34. The molecule has 26 heavy (non-hydrogen) atoms. The van der Waals surface area contributed by atoms with Gasteiger partial charge in [0, 0.05) is 21.6 Å². The highest BCUT2D eigenvalue weighted by Crippen LogP contribution is 2.52. The van der Waals surface area contributed by atoms with Crippen LogP contribution in [0.15, 0.2) is 53.0 Å². The number of benzene rings is 2. The third-order valence-electron chi connectivity index (χ3n) is 5.22. The number of nitrogens with one attached hydrogen (secondary N) is 1. The molecule has 1 aliphatic carbocycles. The highest BCUT2D eigenvalue weighted by molar-refractivity contribution is 9.10. The summed E-state index contributed by atoms with van der Waals surface area (Å²) in [6.45, 7) is 0. The zero-order chi connectivity index (χ0) is 18.5. The van der Waals surface area contributed by atoms with Gasteiger partial charge in [-0.25, -0.2) is 0 Å². The van der Waals surface area contributed by atoms with Crippen LogP contribution in [0.4, 0.5) is 18.9 Å². The second-order valence-corrected chi connectivity index (χ2v) is 7.58. The van der Waals surface area contributed by atoms with E-state index in [2.05, 4.69) is 27.3 Å². The number of ether oxygens (including phenoxy) is 1. The van der Waals surface area contributed by atoms with E-state index in [1.54, 1.807) is 7.11 Å². The number of hydrogen-bond donors (Lipinski definition) is 1. The van der Waals surface area contributed by atoms with E-state index in [1.165, 1.54) is 12.1 Å². The third kappa shape index (κ3) is 2.90. The van der Waals surface area contributed by atoms with Gasteiger partial charge in [-0.05, 0) is 54.3 Å². The first kappa shape index (κ1) is 17.5. The molecule has 0 spiro atoms. The Morgan fingerprint density at radius 1 is 1.12 bits per heavy atom. The van der Waals surface area contributed by atoms with E-state index in [1.807, 2.05) is 24.3 Å². The van der Waals surface area contributed by atoms with E-state index in [0.29, 0.717) is 5.56 Å². The fourth-order valence-corrected chi connectivity index (χ4v) is 4.41. The highest BCUT2D eigenvalue weighted by atomic mass is 79.9. The van der Waals surface area contributed by atoms with Gasteiger partial charge in [0.25, 0.3) is 0 Å². The first-order valence-corrected chi connectivity index (χ1v) is 9.15. The largest absolute Gasteiger partial charge is 0.496 e. The molecule has 1 aliphatic heterocycles. The van der Waals surface area contributed by atoms with Crippen LogP contribution in [0.5, 0.6) is 5.75 Å². The number of hydrogen-bond acceptors (Lipinski definition) is 2. The lowest BCUT2D eigenvalue weighted by Crippen LogP contribution is -2.29. The zero-order valence-corrected chi connectivity index (χ0v) is 15.6. The van der Waals surface area contributed by atoms with Crippen LogP contribution in [0.2, 0.25) is 0 Å². The summed E-state index contributed by atoms with van der Waals surface area (Å²) < 4.78 is 45.8. The van der Waals surface area contributed by atoms with Crippen molar-refractivity contribution in [2.75, 3.05) is 12.4 Å². The van der Waals surface area contributed by atoms with E-state index < -0.39 is 11.7 Å². The normalized spacial score (nSPS) is 24.0. The van der Waals surface area contributed by atoms with Crippen molar-refractivity contribution in [2.45, 2.75) is 24.6 Å². The van der Waals surface area contributed by atoms with Gasteiger partial charge >= 0.3 is 6.18 Å². The van der Waals surface area contributed by atoms with Crippen LogP contribution >= 0.6 is 15.9 Å². The summed E-state index contributed by atoms with van der Waals surface area (Å²) in [5.41, 5.74) is 1.86. The molecule has 0 fully saturated rings. The molecule has 136 valence electrons. The van der Waals surface area contributed by atoms with Crippen molar-refractivity contribution >= 4 is 21.6 Å². The lowest BCUT2D eigenvalue weighted by Gasteiger charge is -2.38. The Morgan fingerprint density at radius 3 is 2.65 bits per heavy atom. The van der Waals surface area contributed by atoms with Crippen LogP contribution in [0, 0.1) is 5.92 Å². The minimum atomic E-state index is -4.34. The molecule has 3 unspecified atom stereocenters. The van der Waals surface area contributed by atoms with Crippen LogP contribution in [-0.4, -0.2) is 7.11 Å². The standard InChI is InChI=1S/C20H17BrF3NO/c1-26-18-8-6-12(21)10-16(18)19-14-4-2-3-13(14)15-9-11(20(22,23)24)5-7-17(15)25-19/h2-3,5-10,13-14,19,25H,4H2,1H3. The van der Waals surface area contributed by atoms with Crippen molar-refractivity contribution < 1.29 is 17.9 Å². The predicted octanol–water partition coefficient (Wildman–Crippen LogP) is 6.30. The van der Waals surface area contributed by atoms with Crippen molar-refractivity contribution in [3.63, 3.8) is 0 Å². The molecule has 2 aromatic carbocycles. The summed E-state index contributed by atoms with van der Waals surface area (Å²) in [6.07, 6.45) is 0.566. The molecule has 0 saturated carbocycles. The maximum atomic E-state index is 13.1. The van der Waals surface area contributed by atoms with Crippen LogP contribution in [-0.2, 0) is 6.18 Å². The molecule has 6 heteroatoms. The predicted molar refractivity (Wildman–Crippen MR) is 98.5 cm³/mol. The average Bonchev–Trinajstić information content (AvgIpc) is 3.09. The molecule has 1 N–H and O–H groups in total. The number of allylic oxidation sites excluding steroid dienone is 2. The summed E-state index contributed by atoms with van der Waals surface area (Å²) in [6, 6.07) is 9.76. The summed E-state index contributed by atoms with van der Waals surface area (Å²) in [5, 5.41) is 3.46. The molecule has 0 radical (unpaired) electrons. The molecule has 2 aromatic rings. The summed E-state index contributed by atoms with van der Waals surface area (Å²) in [4.78, 5) is 0. The molecule has 0 aromatic heterocycles. The van der Waals surface area contributed by atoms with Gasteiger partial charge in [-0.2, -0.15) is 13.2 Å². The molecule has 0 amide bonds. The Balaban J connectivity index is 1.80. The summed E-state index contributed by atoms with van der Waals surface area (Å²) in [5.74, 6) is 0.878. The van der Waals surface area contributed by atoms with Crippen LogP contribution in [0.1, 0.15) is 35.1 Å². The van der Waals surface area contributed by atoms with Crippen molar-refractivity contribution in [2.24, 2.45) is 5.92 Å². The number of halogens is 4. The van der Waals surface area contributed by atoms with E-state index in [0.717, 1.165) is 34.0 Å². The minimum Gasteiger partial charge on any atom is -0.496 e. The molecule has 4 rings (SSSR count). The van der Waals surface area contributed by atoms with Crippen molar-refractivity contribution in [3.05, 3.63) is 69.7 Å². The first-order chi connectivity index (χ1) is 12.4. The fourth-order valence-electron chi connectivity index (χ4n) is 4.03. The van der Waals surface area contributed by atoms with Crippen LogP contribution in [0.25, 0.3) is 0 Å².